The first-order valence-electron chi connectivity index (χ1n) is 5.42. The van der Waals surface area contributed by atoms with Crippen LogP contribution in [0.2, 0.25) is 0 Å². The van der Waals surface area contributed by atoms with Crippen LogP contribution < -0.4 is 0 Å². The monoisotopic (exact) mass is 304 g/mol. The highest BCUT2D eigenvalue weighted by atomic mass is 79.9. The molecule has 17 heavy (non-hydrogen) atoms. The third-order valence-corrected chi connectivity index (χ3v) is 3.42. The summed E-state index contributed by atoms with van der Waals surface area (Å²) in [5.74, 6) is 0. The molecular weight excluding hydrogens is 291 g/mol. The predicted molar refractivity (Wildman–Crippen MR) is 64.6 cm³/mol. The van der Waals surface area contributed by atoms with Crippen LogP contribution in [0.4, 0.5) is 4.39 Å². The third kappa shape index (κ3) is 3.04. The molecule has 0 bridgehead atoms. The maximum absolute atomic E-state index is 13.7. The van der Waals surface area contributed by atoms with Crippen molar-refractivity contribution in [1.29, 1.82) is 0 Å². The van der Waals surface area contributed by atoms with Crippen molar-refractivity contribution in [1.82, 2.24) is 0 Å². The topological polar surface area (TPSA) is 38.7 Å². The summed E-state index contributed by atoms with van der Waals surface area (Å²) in [7, 11) is 0. The first-order valence-corrected chi connectivity index (χ1v) is 6.34. The van der Waals surface area contributed by atoms with Crippen molar-refractivity contribution in [3.05, 3.63) is 35.9 Å². The van der Waals surface area contributed by atoms with Gasteiger partial charge in [-0.3, -0.25) is 0 Å². The van der Waals surface area contributed by atoms with Crippen LogP contribution in [0, 0.1) is 0 Å². The summed E-state index contributed by atoms with van der Waals surface area (Å²) < 4.78 is 24.4. The normalized spacial score (nSPS) is 32.9. The lowest BCUT2D eigenvalue weighted by atomic mass is 10.1. The zero-order valence-electron chi connectivity index (χ0n) is 9.13. The van der Waals surface area contributed by atoms with E-state index in [4.69, 9.17) is 14.6 Å². The van der Waals surface area contributed by atoms with Crippen molar-refractivity contribution >= 4 is 15.9 Å². The summed E-state index contributed by atoms with van der Waals surface area (Å²) in [5, 5.41) is 8.37. The van der Waals surface area contributed by atoms with Crippen molar-refractivity contribution < 1.29 is 19.0 Å². The molecule has 1 saturated heterocycles. The number of hydrogen-bond donors (Lipinski definition) is 1. The summed E-state index contributed by atoms with van der Waals surface area (Å²) in [6, 6.07) is 9.51. The van der Waals surface area contributed by atoms with Crippen molar-refractivity contribution in [3.8, 4) is 0 Å². The number of aliphatic hydroxyl groups excluding tert-OH is 1. The number of rotatable bonds is 4. The minimum absolute atomic E-state index is 0.248. The smallest absolute Gasteiger partial charge is 0.165 e. The standard InChI is InChI=1S/C12H14BrFO3/c13-12-10(14)11(9(6-15)17-12)16-7-8-4-2-1-3-5-8/h1-5,9-12,15H,6-7H2/t9-,10+,11-,12?/m1/s1. The Balaban J connectivity index is 1.93. The Hall–Kier alpha value is -0.490. The lowest BCUT2D eigenvalue weighted by Crippen LogP contribution is -2.33. The number of halogens is 2. The molecule has 1 N–H and O–H groups in total. The molecule has 1 aliphatic heterocycles. The predicted octanol–water partition coefficient (Wildman–Crippen LogP) is 2.02. The second kappa shape index (κ2) is 5.91. The van der Waals surface area contributed by atoms with Crippen LogP contribution in [0.5, 0.6) is 0 Å². The van der Waals surface area contributed by atoms with Gasteiger partial charge in [0.15, 0.2) is 6.17 Å². The van der Waals surface area contributed by atoms with Gasteiger partial charge in [-0.25, -0.2) is 4.39 Å². The Morgan fingerprint density at radius 1 is 1.35 bits per heavy atom. The van der Waals surface area contributed by atoms with Gasteiger partial charge in [-0.2, -0.15) is 0 Å². The molecule has 4 atom stereocenters. The van der Waals surface area contributed by atoms with E-state index in [1.807, 2.05) is 30.3 Å². The summed E-state index contributed by atoms with van der Waals surface area (Å²) in [5.41, 5.74) is 0.967. The van der Waals surface area contributed by atoms with Gasteiger partial charge in [0.25, 0.3) is 0 Å². The minimum Gasteiger partial charge on any atom is -0.394 e. The van der Waals surface area contributed by atoms with Crippen LogP contribution in [0.3, 0.4) is 0 Å². The van der Waals surface area contributed by atoms with Gasteiger partial charge in [0, 0.05) is 0 Å². The van der Waals surface area contributed by atoms with Crippen LogP contribution in [0.15, 0.2) is 30.3 Å². The second-order valence-corrected chi connectivity index (χ2v) is 4.82. The fourth-order valence-electron chi connectivity index (χ4n) is 1.79. The quantitative estimate of drug-likeness (QED) is 0.865. The molecule has 0 spiro atoms. The molecule has 1 unspecified atom stereocenters. The van der Waals surface area contributed by atoms with Crippen molar-refractivity contribution in [3.63, 3.8) is 0 Å². The number of hydrogen-bond acceptors (Lipinski definition) is 3. The van der Waals surface area contributed by atoms with Crippen LogP contribution in [0.1, 0.15) is 5.56 Å². The fourth-order valence-corrected chi connectivity index (χ4v) is 2.36. The maximum atomic E-state index is 13.7. The van der Waals surface area contributed by atoms with E-state index in [9.17, 15) is 4.39 Å². The molecular formula is C12H14BrFO3. The van der Waals surface area contributed by atoms with E-state index < -0.39 is 23.4 Å². The Labute approximate surface area is 108 Å². The Morgan fingerprint density at radius 3 is 2.71 bits per heavy atom. The minimum atomic E-state index is -1.27. The highest BCUT2D eigenvalue weighted by molar-refractivity contribution is 9.09. The van der Waals surface area contributed by atoms with E-state index >= 15 is 0 Å². The number of benzene rings is 1. The van der Waals surface area contributed by atoms with Crippen molar-refractivity contribution in [2.75, 3.05) is 6.61 Å². The summed E-state index contributed by atoms with van der Waals surface area (Å²) in [4.78, 5) is 0. The fraction of sp³-hybridized carbons (Fsp3) is 0.500. The van der Waals surface area contributed by atoms with Gasteiger partial charge in [0.05, 0.1) is 13.2 Å². The number of aliphatic hydroxyl groups is 1. The highest BCUT2D eigenvalue weighted by Crippen LogP contribution is 2.30. The number of ether oxygens (including phenoxy) is 2. The molecule has 2 rings (SSSR count). The summed E-state index contributed by atoms with van der Waals surface area (Å²) >= 11 is 3.06. The third-order valence-electron chi connectivity index (χ3n) is 2.70. The molecule has 0 radical (unpaired) electrons. The zero-order valence-corrected chi connectivity index (χ0v) is 10.7. The van der Waals surface area contributed by atoms with Gasteiger partial charge >= 0.3 is 0 Å². The molecule has 1 aromatic carbocycles. The Kier molecular flexibility index (Phi) is 4.50. The lowest BCUT2D eigenvalue weighted by Gasteiger charge is -2.18. The van der Waals surface area contributed by atoms with Crippen LogP contribution >= 0.6 is 15.9 Å². The zero-order chi connectivity index (χ0) is 12.3. The van der Waals surface area contributed by atoms with E-state index in [1.54, 1.807) is 0 Å². The molecule has 1 heterocycles. The summed E-state index contributed by atoms with van der Waals surface area (Å²) in [6.45, 7) is 0.0630. The number of alkyl halides is 2. The Morgan fingerprint density at radius 2 is 2.06 bits per heavy atom. The van der Waals surface area contributed by atoms with Gasteiger partial charge in [-0.1, -0.05) is 46.3 Å². The molecule has 3 nitrogen and oxygen atoms in total. The second-order valence-electron chi connectivity index (χ2n) is 3.91. The molecule has 1 aliphatic rings. The van der Waals surface area contributed by atoms with Crippen LogP contribution in [-0.2, 0) is 16.1 Å². The molecule has 1 fully saturated rings. The molecule has 94 valence electrons. The van der Waals surface area contributed by atoms with E-state index in [-0.39, 0.29) is 6.61 Å². The van der Waals surface area contributed by atoms with Crippen LogP contribution in [0.25, 0.3) is 0 Å². The first-order chi connectivity index (χ1) is 8.22. The largest absolute Gasteiger partial charge is 0.394 e. The van der Waals surface area contributed by atoms with E-state index in [2.05, 4.69) is 15.9 Å². The first kappa shape index (κ1) is 13.0. The molecule has 0 saturated carbocycles. The van der Waals surface area contributed by atoms with Crippen LogP contribution in [-0.4, -0.2) is 35.1 Å². The van der Waals surface area contributed by atoms with Crippen molar-refractivity contribution in [2.45, 2.75) is 30.0 Å². The van der Waals surface area contributed by atoms with E-state index in [0.29, 0.717) is 6.61 Å². The lowest BCUT2D eigenvalue weighted by molar-refractivity contribution is -0.0507. The van der Waals surface area contributed by atoms with Gasteiger partial charge in [0.1, 0.15) is 17.2 Å². The van der Waals surface area contributed by atoms with Gasteiger partial charge in [-0.15, -0.1) is 0 Å². The Bertz CT molecular complexity index is 349. The average molecular weight is 305 g/mol. The average Bonchev–Trinajstić information content (AvgIpc) is 2.64. The van der Waals surface area contributed by atoms with Gasteiger partial charge < -0.3 is 14.6 Å². The summed E-state index contributed by atoms with van der Waals surface area (Å²) in [6.07, 6.45) is -2.61. The molecule has 0 aromatic heterocycles. The van der Waals surface area contributed by atoms with E-state index in [1.165, 1.54) is 0 Å². The molecule has 0 aliphatic carbocycles. The molecule has 1 aromatic rings. The van der Waals surface area contributed by atoms with Gasteiger partial charge in [0.2, 0.25) is 0 Å². The van der Waals surface area contributed by atoms with Crippen molar-refractivity contribution in [2.24, 2.45) is 0 Å². The SMILES string of the molecule is OC[C@H]1OC(Br)[C@@H](F)[C@@H]1OCc1ccccc1. The van der Waals surface area contributed by atoms with E-state index in [0.717, 1.165) is 5.56 Å². The maximum Gasteiger partial charge on any atom is 0.165 e. The highest BCUT2D eigenvalue weighted by Gasteiger charge is 2.44. The molecule has 5 heteroatoms. The molecule has 0 amide bonds. The van der Waals surface area contributed by atoms with Gasteiger partial charge in [-0.05, 0) is 5.56 Å².